The number of aliphatic hydroxyl groups is 1. The van der Waals surface area contributed by atoms with Crippen molar-refractivity contribution in [2.75, 3.05) is 6.54 Å². The topological polar surface area (TPSA) is 59.1 Å². The van der Waals surface area contributed by atoms with Crippen LogP contribution in [0.4, 0.5) is 0 Å². The smallest absolute Gasteiger partial charge is 0.0958 e. The number of hydrogen-bond acceptors (Lipinski definition) is 4. The second-order valence-electron chi connectivity index (χ2n) is 4.54. The van der Waals surface area contributed by atoms with Gasteiger partial charge in [-0.15, -0.1) is 11.3 Å². The molecule has 0 aliphatic heterocycles. The number of aryl methyl sites for hydroxylation is 2. The van der Waals surface area contributed by atoms with Gasteiger partial charge < -0.3 is 10.8 Å². The summed E-state index contributed by atoms with van der Waals surface area (Å²) in [5.41, 5.74) is 10.0. The van der Waals surface area contributed by atoms with Crippen molar-refractivity contribution in [3.8, 4) is 11.3 Å². The third kappa shape index (κ3) is 2.96. The number of hydrogen-bond donors (Lipinski definition) is 2. The largest absolute Gasteiger partial charge is 0.391 e. The van der Waals surface area contributed by atoms with E-state index in [9.17, 15) is 5.11 Å². The van der Waals surface area contributed by atoms with Gasteiger partial charge in [0.15, 0.2) is 0 Å². The third-order valence-electron chi connectivity index (χ3n) is 2.90. The van der Waals surface area contributed by atoms with E-state index in [2.05, 4.69) is 37.0 Å². The van der Waals surface area contributed by atoms with Crippen molar-refractivity contribution in [1.29, 1.82) is 0 Å². The lowest BCUT2D eigenvalue weighted by atomic mass is 10.0. The fraction of sp³-hybridized carbons (Fsp3) is 0.357. The first-order chi connectivity index (χ1) is 8.60. The molecule has 2 rings (SSSR count). The van der Waals surface area contributed by atoms with E-state index in [1.807, 2.05) is 5.38 Å². The van der Waals surface area contributed by atoms with E-state index in [1.54, 1.807) is 11.3 Å². The summed E-state index contributed by atoms with van der Waals surface area (Å²) < 4.78 is 0. The van der Waals surface area contributed by atoms with Gasteiger partial charge in [0.05, 0.1) is 16.8 Å². The van der Waals surface area contributed by atoms with Crippen molar-refractivity contribution in [3.63, 3.8) is 0 Å². The molecule has 4 heteroatoms. The summed E-state index contributed by atoms with van der Waals surface area (Å²) in [5, 5.41) is 12.5. The maximum Gasteiger partial charge on any atom is 0.0958 e. The number of aliphatic hydroxyl groups excluding tert-OH is 1. The number of aromatic nitrogens is 1. The van der Waals surface area contributed by atoms with Crippen LogP contribution in [0.2, 0.25) is 0 Å². The van der Waals surface area contributed by atoms with Crippen LogP contribution in [0.5, 0.6) is 0 Å². The first kappa shape index (κ1) is 13.2. The number of thiazole rings is 1. The standard InChI is InChI=1S/C14H18N2OS/c1-9-3-4-10(2)12(5-9)13-8-18-14(16-13)6-11(17)7-15/h3-5,8,11,17H,6-7,15H2,1-2H3. The highest BCUT2D eigenvalue weighted by Gasteiger charge is 2.10. The Morgan fingerprint density at radius 2 is 2.17 bits per heavy atom. The van der Waals surface area contributed by atoms with Gasteiger partial charge in [0, 0.05) is 23.9 Å². The minimum absolute atomic E-state index is 0.276. The Bertz CT molecular complexity index is 536. The lowest BCUT2D eigenvalue weighted by Gasteiger charge is -2.05. The van der Waals surface area contributed by atoms with Gasteiger partial charge in [0.25, 0.3) is 0 Å². The zero-order chi connectivity index (χ0) is 13.1. The molecule has 0 aliphatic carbocycles. The second-order valence-corrected chi connectivity index (χ2v) is 5.48. The molecule has 0 aliphatic rings. The first-order valence-electron chi connectivity index (χ1n) is 6.00. The molecule has 0 fully saturated rings. The monoisotopic (exact) mass is 262 g/mol. The minimum Gasteiger partial charge on any atom is -0.391 e. The molecule has 1 heterocycles. The SMILES string of the molecule is Cc1ccc(C)c(-c2csc(CC(O)CN)n2)c1. The van der Waals surface area contributed by atoms with Crippen molar-refractivity contribution in [1.82, 2.24) is 4.98 Å². The predicted octanol–water partition coefficient (Wildman–Crippen LogP) is 2.29. The van der Waals surface area contributed by atoms with E-state index in [4.69, 9.17) is 5.73 Å². The quantitative estimate of drug-likeness (QED) is 0.888. The molecule has 2 aromatic rings. The average Bonchev–Trinajstić information content (AvgIpc) is 2.80. The summed E-state index contributed by atoms with van der Waals surface area (Å²) in [5.74, 6) is 0. The van der Waals surface area contributed by atoms with Gasteiger partial charge in [-0.05, 0) is 25.5 Å². The van der Waals surface area contributed by atoms with E-state index in [0.717, 1.165) is 10.7 Å². The van der Waals surface area contributed by atoms with Crippen molar-refractivity contribution in [2.45, 2.75) is 26.4 Å². The molecule has 0 radical (unpaired) electrons. The molecule has 1 aromatic carbocycles. The third-order valence-corrected chi connectivity index (χ3v) is 3.77. The normalized spacial score (nSPS) is 12.7. The maximum absolute atomic E-state index is 9.53. The average molecular weight is 262 g/mol. The Morgan fingerprint density at radius 1 is 1.39 bits per heavy atom. The van der Waals surface area contributed by atoms with Crippen LogP contribution in [0.3, 0.4) is 0 Å². The van der Waals surface area contributed by atoms with E-state index < -0.39 is 6.10 Å². The second kappa shape index (κ2) is 5.61. The molecule has 3 N–H and O–H groups in total. The van der Waals surface area contributed by atoms with E-state index >= 15 is 0 Å². The van der Waals surface area contributed by atoms with Crippen molar-refractivity contribution in [3.05, 3.63) is 39.7 Å². The van der Waals surface area contributed by atoms with Gasteiger partial charge in [0.1, 0.15) is 0 Å². The molecule has 1 unspecified atom stereocenters. The lowest BCUT2D eigenvalue weighted by molar-refractivity contribution is 0.183. The van der Waals surface area contributed by atoms with Crippen molar-refractivity contribution < 1.29 is 5.11 Å². The van der Waals surface area contributed by atoms with Gasteiger partial charge >= 0.3 is 0 Å². The van der Waals surface area contributed by atoms with Gasteiger partial charge in [-0.2, -0.15) is 0 Å². The van der Waals surface area contributed by atoms with E-state index in [1.165, 1.54) is 16.7 Å². The van der Waals surface area contributed by atoms with Gasteiger partial charge in [-0.3, -0.25) is 0 Å². The summed E-state index contributed by atoms with van der Waals surface area (Å²) in [7, 11) is 0. The number of nitrogens with two attached hydrogens (primary N) is 1. The Balaban J connectivity index is 2.26. The molecule has 1 atom stereocenters. The highest BCUT2D eigenvalue weighted by molar-refractivity contribution is 7.09. The minimum atomic E-state index is -0.498. The maximum atomic E-state index is 9.53. The van der Waals surface area contributed by atoms with Gasteiger partial charge in [-0.25, -0.2) is 4.98 Å². The molecule has 0 spiro atoms. The highest BCUT2D eigenvalue weighted by Crippen LogP contribution is 2.26. The van der Waals surface area contributed by atoms with E-state index in [-0.39, 0.29) is 6.54 Å². The van der Waals surface area contributed by atoms with Gasteiger partial charge in [0.2, 0.25) is 0 Å². The number of benzene rings is 1. The first-order valence-corrected chi connectivity index (χ1v) is 6.88. The van der Waals surface area contributed by atoms with Crippen LogP contribution in [-0.2, 0) is 6.42 Å². The molecule has 18 heavy (non-hydrogen) atoms. The summed E-state index contributed by atoms with van der Waals surface area (Å²) in [6.07, 6.45) is 0.0362. The Kier molecular flexibility index (Phi) is 4.11. The molecule has 0 amide bonds. The zero-order valence-corrected chi connectivity index (χ0v) is 11.5. The van der Waals surface area contributed by atoms with E-state index in [0.29, 0.717) is 6.42 Å². The van der Waals surface area contributed by atoms with Crippen LogP contribution < -0.4 is 5.73 Å². The van der Waals surface area contributed by atoms with Crippen molar-refractivity contribution in [2.24, 2.45) is 5.73 Å². The Morgan fingerprint density at radius 3 is 2.89 bits per heavy atom. The fourth-order valence-electron chi connectivity index (χ4n) is 1.83. The van der Waals surface area contributed by atoms with Crippen LogP contribution in [0.25, 0.3) is 11.3 Å². The lowest BCUT2D eigenvalue weighted by Crippen LogP contribution is -2.21. The molecular weight excluding hydrogens is 244 g/mol. The molecule has 96 valence electrons. The molecular formula is C14H18N2OS. The molecule has 0 saturated carbocycles. The summed E-state index contributed by atoms with van der Waals surface area (Å²) in [6.45, 7) is 4.44. The number of nitrogens with zero attached hydrogens (tertiary/aromatic N) is 1. The van der Waals surface area contributed by atoms with Crippen LogP contribution in [0, 0.1) is 13.8 Å². The number of rotatable bonds is 4. The predicted molar refractivity (Wildman–Crippen MR) is 75.8 cm³/mol. The van der Waals surface area contributed by atoms with Crippen LogP contribution >= 0.6 is 11.3 Å². The zero-order valence-electron chi connectivity index (χ0n) is 10.7. The Hall–Kier alpha value is -1.23. The highest BCUT2D eigenvalue weighted by atomic mass is 32.1. The molecule has 0 bridgehead atoms. The summed E-state index contributed by atoms with van der Waals surface area (Å²) >= 11 is 1.58. The van der Waals surface area contributed by atoms with Crippen LogP contribution in [0.15, 0.2) is 23.6 Å². The fourth-order valence-corrected chi connectivity index (χ4v) is 2.69. The Labute approximate surface area is 111 Å². The summed E-state index contributed by atoms with van der Waals surface area (Å²) in [6, 6.07) is 6.36. The molecule has 1 aromatic heterocycles. The molecule has 3 nitrogen and oxygen atoms in total. The van der Waals surface area contributed by atoms with Gasteiger partial charge in [-0.1, -0.05) is 17.7 Å². The van der Waals surface area contributed by atoms with Crippen LogP contribution in [-0.4, -0.2) is 22.7 Å². The molecule has 0 saturated heterocycles. The van der Waals surface area contributed by atoms with Crippen molar-refractivity contribution >= 4 is 11.3 Å². The summed E-state index contributed by atoms with van der Waals surface area (Å²) in [4.78, 5) is 4.57. The van der Waals surface area contributed by atoms with Crippen LogP contribution in [0.1, 0.15) is 16.1 Å².